The van der Waals surface area contributed by atoms with Crippen LogP contribution in [0.2, 0.25) is 0 Å². The quantitative estimate of drug-likeness (QED) is 0.883. The van der Waals surface area contributed by atoms with Crippen molar-refractivity contribution in [3.05, 3.63) is 29.3 Å². The Kier molecular flexibility index (Phi) is 4.96. The average molecular weight is 289 g/mol. The molecule has 0 bridgehead atoms. The number of benzene rings is 1. The summed E-state index contributed by atoms with van der Waals surface area (Å²) in [7, 11) is 0. The number of hydrogen-bond donors (Lipinski definition) is 2. The largest absolute Gasteiger partial charge is 0.354 e. The van der Waals surface area contributed by atoms with Crippen molar-refractivity contribution < 1.29 is 9.59 Å². The van der Waals surface area contributed by atoms with Gasteiger partial charge in [-0.25, -0.2) is 0 Å². The fourth-order valence-electron chi connectivity index (χ4n) is 2.55. The maximum absolute atomic E-state index is 12.2. The number of piperazine rings is 1. The molecule has 0 saturated carbocycles. The molecule has 1 saturated heterocycles. The van der Waals surface area contributed by atoms with E-state index in [1.54, 1.807) is 0 Å². The van der Waals surface area contributed by atoms with Crippen LogP contribution >= 0.6 is 0 Å². The third kappa shape index (κ3) is 4.04. The van der Waals surface area contributed by atoms with Crippen LogP contribution in [-0.2, 0) is 9.59 Å². The Hall–Kier alpha value is -1.88. The molecule has 21 heavy (non-hydrogen) atoms. The van der Waals surface area contributed by atoms with Gasteiger partial charge in [0.15, 0.2) is 0 Å². The highest BCUT2D eigenvalue weighted by Crippen LogP contribution is 2.27. The summed E-state index contributed by atoms with van der Waals surface area (Å²) in [6.07, 6.45) is 0. The number of aryl methyl sites for hydroxylation is 1. The Morgan fingerprint density at radius 1 is 1.43 bits per heavy atom. The molecule has 0 radical (unpaired) electrons. The van der Waals surface area contributed by atoms with Crippen LogP contribution in [0.4, 0.5) is 5.69 Å². The van der Waals surface area contributed by atoms with Gasteiger partial charge in [0.25, 0.3) is 0 Å². The summed E-state index contributed by atoms with van der Waals surface area (Å²) in [5.74, 6) is 0.259. The summed E-state index contributed by atoms with van der Waals surface area (Å²) in [6, 6.07) is 6.05. The first-order valence-corrected chi connectivity index (χ1v) is 7.35. The predicted molar refractivity (Wildman–Crippen MR) is 83.3 cm³/mol. The van der Waals surface area contributed by atoms with Crippen molar-refractivity contribution in [1.29, 1.82) is 0 Å². The van der Waals surface area contributed by atoms with Crippen molar-refractivity contribution in [1.82, 2.24) is 10.2 Å². The zero-order chi connectivity index (χ0) is 15.4. The van der Waals surface area contributed by atoms with Gasteiger partial charge in [-0.3, -0.25) is 14.5 Å². The molecule has 2 amide bonds. The Balaban J connectivity index is 2.04. The first-order valence-electron chi connectivity index (χ1n) is 7.35. The lowest BCUT2D eigenvalue weighted by Gasteiger charge is -2.26. The summed E-state index contributed by atoms with van der Waals surface area (Å²) >= 11 is 0. The number of rotatable bonds is 4. The van der Waals surface area contributed by atoms with Crippen molar-refractivity contribution in [3.63, 3.8) is 0 Å². The van der Waals surface area contributed by atoms with E-state index in [9.17, 15) is 9.59 Å². The Bertz CT molecular complexity index is 540. The van der Waals surface area contributed by atoms with Crippen molar-refractivity contribution in [2.24, 2.45) is 0 Å². The summed E-state index contributed by atoms with van der Waals surface area (Å²) in [6.45, 7) is 8.07. The fourth-order valence-corrected chi connectivity index (χ4v) is 2.55. The van der Waals surface area contributed by atoms with Crippen LogP contribution in [-0.4, -0.2) is 42.9 Å². The second-order valence-electron chi connectivity index (χ2n) is 5.80. The third-order valence-corrected chi connectivity index (χ3v) is 3.68. The number of amides is 2. The number of hydrogen-bond acceptors (Lipinski definition) is 3. The Labute approximate surface area is 125 Å². The van der Waals surface area contributed by atoms with Crippen molar-refractivity contribution in [3.8, 4) is 0 Å². The van der Waals surface area contributed by atoms with Crippen LogP contribution in [0.3, 0.4) is 0 Å². The minimum absolute atomic E-state index is 0.0205. The van der Waals surface area contributed by atoms with E-state index in [1.165, 1.54) is 0 Å². The normalized spacial score (nSPS) is 15.9. The Morgan fingerprint density at radius 3 is 2.86 bits per heavy atom. The van der Waals surface area contributed by atoms with E-state index in [1.807, 2.05) is 30.0 Å². The molecule has 2 N–H and O–H groups in total. The summed E-state index contributed by atoms with van der Waals surface area (Å²) in [5.41, 5.74) is 3.10. The minimum atomic E-state index is -0.0686. The van der Waals surface area contributed by atoms with Crippen LogP contribution in [0.25, 0.3) is 0 Å². The number of nitrogens with zero attached hydrogens (tertiary/aromatic N) is 1. The predicted octanol–water partition coefficient (Wildman–Crippen LogP) is 1.49. The maximum Gasteiger partial charge on any atom is 0.238 e. The summed E-state index contributed by atoms with van der Waals surface area (Å²) in [4.78, 5) is 25.4. The van der Waals surface area contributed by atoms with Gasteiger partial charge in [-0.1, -0.05) is 32.0 Å². The van der Waals surface area contributed by atoms with Crippen molar-refractivity contribution in [2.45, 2.75) is 26.7 Å². The molecule has 1 heterocycles. The van der Waals surface area contributed by atoms with Crippen LogP contribution in [0.5, 0.6) is 0 Å². The van der Waals surface area contributed by atoms with E-state index in [4.69, 9.17) is 0 Å². The van der Waals surface area contributed by atoms with Gasteiger partial charge in [0.2, 0.25) is 11.8 Å². The minimum Gasteiger partial charge on any atom is -0.354 e. The molecule has 0 atom stereocenters. The second-order valence-corrected chi connectivity index (χ2v) is 5.80. The molecule has 0 unspecified atom stereocenters. The monoisotopic (exact) mass is 289 g/mol. The molecule has 5 heteroatoms. The lowest BCUT2D eigenvalue weighted by molar-refractivity contribution is -0.125. The molecule has 2 rings (SSSR count). The van der Waals surface area contributed by atoms with Crippen LogP contribution in [0.1, 0.15) is 30.9 Å². The molecule has 1 fully saturated rings. The van der Waals surface area contributed by atoms with Gasteiger partial charge < -0.3 is 10.6 Å². The molecule has 114 valence electrons. The molecule has 0 aliphatic carbocycles. The molecule has 0 aromatic heterocycles. The number of nitrogens with one attached hydrogen (secondary N) is 2. The van der Waals surface area contributed by atoms with Gasteiger partial charge in [0.05, 0.1) is 13.1 Å². The molecule has 1 aromatic rings. The number of carbonyl (C=O) groups excluding carboxylic acids is 2. The number of para-hydroxylation sites is 1. The molecule has 5 nitrogen and oxygen atoms in total. The molecule has 1 aliphatic rings. The van der Waals surface area contributed by atoms with Crippen molar-refractivity contribution >= 4 is 17.5 Å². The lowest BCUT2D eigenvalue weighted by Crippen LogP contribution is -2.49. The van der Waals surface area contributed by atoms with Gasteiger partial charge in [-0.2, -0.15) is 0 Å². The maximum atomic E-state index is 12.2. The van der Waals surface area contributed by atoms with E-state index in [0.29, 0.717) is 19.0 Å². The lowest BCUT2D eigenvalue weighted by atomic mass is 9.98. The number of anilines is 1. The van der Waals surface area contributed by atoms with E-state index in [2.05, 4.69) is 24.5 Å². The summed E-state index contributed by atoms with van der Waals surface area (Å²) < 4.78 is 0. The van der Waals surface area contributed by atoms with Gasteiger partial charge in [0, 0.05) is 18.8 Å². The van der Waals surface area contributed by atoms with E-state index >= 15 is 0 Å². The van der Waals surface area contributed by atoms with Gasteiger partial charge in [0.1, 0.15) is 0 Å². The first-order chi connectivity index (χ1) is 9.97. The van der Waals surface area contributed by atoms with Gasteiger partial charge >= 0.3 is 0 Å². The fraction of sp³-hybridized carbons (Fsp3) is 0.500. The molecule has 0 spiro atoms. The number of carbonyl (C=O) groups is 2. The first kappa shape index (κ1) is 15.5. The average Bonchev–Trinajstić information content (AvgIpc) is 2.40. The van der Waals surface area contributed by atoms with Gasteiger partial charge in [-0.05, 0) is 24.0 Å². The highest BCUT2D eigenvalue weighted by molar-refractivity contribution is 5.94. The van der Waals surface area contributed by atoms with Gasteiger partial charge in [-0.15, -0.1) is 0 Å². The highest BCUT2D eigenvalue weighted by atomic mass is 16.2. The molecular weight excluding hydrogens is 266 g/mol. The van der Waals surface area contributed by atoms with Crippen LogP contribution in [0.15, 0.2) is 18.2 Å². The molecule has 1 aromatic carbocycles. The standard InChI is InChI=1S/C16H23N3O2/c1-11(2)13-6-4-5-12(3)16(13)18-15(21)10-19-8-7-17-14(20)9-19/h4-6,11H,7-10H2,1-3H3,(H,17,20)(H,18,21). The summed E-state index contributed by atoms with van der Waals surface area (Å²) in [5, 5.41) is 5.77. The van der Waals surface area contributed by atoms with E-state index < -0.39 is 0 Å². The van der Waals surface area contributed by atoms with Crippen LogP contribution < -0.4 is 10.6 Å². The molecular formula is C16H23N3O2. The van der Waals surface area contributed by atoms with Crippen molar-refractivity contribution in [2.75, 3.05) is 31.5 Å². The zero-order valence-electron chi connectivity index (χ0n) is 12.9. The van der Waals surface area contributed by atoms with Crippen LogP contribution in [0, 0.1) is 6.92 Å². The highest BCUT2D eigenvalue weighted by Gasteiger charge is 2.19. The smallest absolute Gasteiger partial charge is 0.238 e. The van der Waals surface area contributed by atoms with E-state index in [0.717, 1.165) is 16.8 Å². The third-order valence-electron chi connectivity index (χ3n) is 3.68. The molecule has 1 aliphatic heterocycles. The second kappa shape index (κ2) is 6.72. The topological polar surface area (TPSA) is 61.4 Å². The Morgan fingerprint density at radius 2 is 2.19 bits per heavy atom. The van der Waals surface area contributed by atoms with E-state index in [-0.39, 0.29) is 24.9 Å². The zero-order valence-corrected chi connectivity index (χ0v) is 12.9. The SMILES string of the molecule is Cc1cccc(C(C)C)c1NC(=O)CN1CCNC(=O)C1.